The fraction of sp³-hybridized carbons (Fsp3) is 0.250. The van der Waals surface area contributed by atoms with Crippen molar-refractivity contribution in [1.82, 2.24) is 20.2 Å². The van der Waals surface area contributed by atoms with Crippen LogP contribution in [0.25, 0.3) is 10.9 Å². The SMILES string of the molecule is COc1ccc2nccc(Oc3cnc(CC(=O)Nc4cc(C(C)(C)C)[nH]n4)c(F)c3)c2c1. The van der Waals surface area contributed by atoms with Crippen molar-refractivity contribution in [1.29, 1.82) is 0 Å². The molecule has 0 unspecified atom stereocenters. The fourth-order valence-electron chi connectivity index (χ4n) is 3.19. The molecule has 3 aromatic heterocycles. The number of nitrogens with one attached hydrogen (secondary N) is 2. The Kier molecular flexibility index (Phi) is 5.95. The minimum atomic E-state index is -0.643. The second-order valence-corrected chi connectivity index (χ2v) is 8.54. The number of benzene rings is 1. The monoisotopic (exact) mass is 449 g/mol. The highest BCUT2D eigenvalue weighted by Gasteiger charge is 2.18. The Balaban J connectivity index is 1.47. The molecule has 1 amide bonds. The van der Waals surface area contributed by atoms with Gasteiger partial charge in [0.15, 0.2) is 5.82 Å². The number of amides is 1. The summed E-state index contributed by atoms with van der Waals surface area (Å²) >= 11 is 0. The molecule has 0 saturated carbocycles. The summed E-state index contributed by atoms with van der Waals surface area (Å²) in [7, 11) is 1.57. The molecule has 1 aromatic carbocycles. The van der Waals surface area contributed by atoms with Gasteiger partial charge in [0.05, 0.1) is 30.9 Å². The van der Waals surface area contributed by atoms with Gasteiger partial charge in [0, 0.05) is 34.8 Å². The lowest BCUT2D eigenvalue weighted by Gasteiger charge is -2.14. The molecule has 0 bridgehead atoms. The lowest BCUT2D eigenvalue weighted by atomic mass is 9.92. The normalized spacial score (nSPS) is 11.4. The predicted molar refractivity (Wildman–Crippen MR) is 122 cm³/mol. The number of aromatic amines is 1. The number of rotatable bonds is 6. The number of hydrogen-bond donors (Lipinski definition) is 2. The van der Waals surface area contributed by atoms with Crippen molar-refractivity contribution in [3.63, 3.8) is 0 Å². The first-order valence-corrected chi connectivity index (χ1v) is 10.3. The van der Waals surface area contributed by atoms with E-state index in [2.05, 4.69) is 25.5 Å². The quantitative estimate of drug-likeness (QED) is 0.440. The van der Waals surface area contributed by atoms with E-state index in [0.29, 0.717) is 28.2 Å². The van der Waals surface area contributed by atoms with Gasteiger partial charge >= 0.3 is 0 Å². The van der Waals surface area contributed by atoms with Crippen LogP contribution >= 0.6 is 0 Å². The van der Waals surface area contributed by atoms with E-state index in [1.165, 1.54) is 12.3 Å². The van der Waals surface area contributed by atoms with Crippen molar-refractivity contribution in [2.24, 2.45) is 0 Å². The van der Waals surface area contributed by atoms with Gasteiger partial charge in [0.1, 0.15) is 23.1 Å². The van der Waals surface area contributed by atoms with E-state index in [-0.39, 0.29) is 23.3 Å². The Hall–Kier alpha value is -4.01. The van der Waals surface area contributed by atoms with Crippen LogP contribution in [-0.2, 0) is 16.6 Å². The Morgan fingerprint density at radius 1 is 1.12 bits per heavy atom. The molecule has 0 radical (unpaired) electrons. The van der Waals surface area contributed by atoms with Gasteiger partial charge in [-0.25, -0.2) is 4.39 Å². The number of ether oxygens (including phenoxy) is 2. The van der Waals surface area contributed by atoms with Crippen LogP contribution in [0.5, 0.6) is 17.2 Å². The number of hydrogen-bond acceptors (Lipinski definition) is 6. The summed E-state index contributed by atoms with van der Waals surface area (Å²) in [6.07, 6.45) is 2.75. The molecule has 2 N–H and O–H groups in total. The third-order valence-electron chi connectivity index (χ3n) is 5.01. The van der Waals surface area contributed by atoms with E-state index in [1.807, 2.05) is 26.8 Å². The average molecular weight is 449 g/mol. The maximum atomic E-state index is 14.7. The summed E-state index contributed by atoms with van der Waals surface area (Å²) in [6.45, 7) is 6.08. The van der Waals surface area contributed by atoms with E-state index < -0.39 is 11.7 Å². The van der Waals surface area contributed by atoms with Gasteiger partial charge in [-0.3, -0.25) is 19.9 Å². The molecule has 0 atom stereocenters. The van der Waals surface area contributed by atoms with Crippen molar-refractivity contribution in [2.75, 3.05) is 12.4 Å². The summed E-state index contributed by atoms with van der Waals surface area (Å²) < 4.78 is 25.8. The molecular formula is C24H24FN5O3. The zero-order chi connectivity index (χ0) is 23.6. The molecule has 8 nitrogen and oxygen atoms in total. The molecule has 33 heavy (non-hydrogen) atoms. The van der Waals surface area contributed by atoms with Gasteiger partial charge in [0.2, 0.25) is 5.91 Å². The maximum Gasteiger partial charge on any atom is 0.231 e. The predicted octanol–water partition coefficient (Wildman–Crippen LogP) is 4.77. The Morgan fingerprint density at radius 3 is 2.64 bits per heavy atom. The molecule has 0 aliphatic rings. The molecule has 3 heterocycles. The van der Waals surface area contributed by atoms with E-state index >= 15 is 0 Å². The Morgan fingerprint density at radius 2 is 1.94 bits per heavy atom. The van der Waals surface area contributed by atoms with Crippen molar-refractivity contribution in [2.45, 2.75) is 32.6 Å². The fourth-order valence-corrected chi connectivity index (χ4v) is 3.19. The van der Waals surface area contributed by atoms with Crippen LogP contribution in [0.4, 0.5) is 10.2 Å². The van der Waals surface area contributed by atoms with Crippen molar-refractivity contribution in [3.8, 4) is 17.2 Å². The molecule has 9 heteroatoms. The van der Waals surface area contributed by atoms with Gasteiger partial charge < -0.3 is 14.8 Å². The summed E-state index contributed by atoms with van der Waals surface area (Å²) in [5, 5.41) is 10.3. The molecule has 4 rings (SSSR count). The summed E-state index contributed by atoms with van der Waals surface area (Å²) in [4.78, 5) is 20.7. The first-order valence-electron chi connectivity index (χ1n) is 10.3. The number of carbonyl (C=O) groups excluding carboxylic acids is 1. The maximum absolute atomic E-state index is 14.7. The summed E-state index contributed by atoms with van der Waals surface area (Å²) in [5.74, 6) is 0.654. The standard InChI is InChI=1S/C24H24FN5O3/c1-24(2,3)21-12-22(30-29-21)28-23(31)11-19-17(25)10-15(13-27-19)33-20-7-8-26-18-6-5-14(32-4)9-16(18)20/h5-10,12-13H,11H2,1-4H3,(H2,28,29,30,31). The van der Waals surface area contributed by atoms with Crippen LogP contribution < -0.4 is 14.8 Å². The molecule has 0 aliphatic heterocycles. The third-order valence-corrected chi connectivity index (χ3v) is 5.01. The van der Waals surface area contributed by atoms with Crippen LogP contribution in [0.3, 0.4) is 0 Å². The van der Waals surface area contributed by atoms with E-state index in [1.54, 1.807) is 37.6 Å². The number of nitrogens with zero attached hydrogens (tertiary/aromatic N) is 3. The number of methoxy groups -OCH3 is 1. The molecular weight excluding hydrogens is 425 g/mol. The second kappa shape index (κ2) is 8.85. The molecule has 170 valence electrons. The first kappa shape index (κ1) is 22.2. The second-order valence-electron chi connectivity index (χ2n) is 8.54. The van der Waals surface area contributed by atoms with Crippen molar-refractivity contribution < 1.29 is 18.7 Å². The average Bonchev–Trinajstić information content (AvgIpc) is 3.24. The van der Waals surface area contributed by atoms with Crippen LogP contribution in [0.1, 0.15) is 32.2 Å². The van der Waals surface area contributed by atoms with E-state index in [4.69, 9.17) is 9.47 Å². The number of halogens is 1. The van der Waals surface area contributed by atoms with E-state index in [0.717, 1.165) is 5.69 Å². The minimum Gasteiger partial charge on any atom is -0.497 e. The first-order chi connectivity index (χ1) is 15.7. The zero-order valence-corrected chi connectivity index (χ0v) is 18.8. The lowest BCUT2D eigenvalue weighted by molar-refractivity contribution is -0.115. The number of anilines is 1. The molecule has 0 fully saturated rings. The van der Waals surface area contributed by atoms with Crippen LogP contribution in [0.15, 0.2) is 48.8 Å². The highest BCUT2D eigenvalue weighted by Crippen LogP contribution is 2.31. The number of carbonyl (C=O) groups is 1. The number of aromatic nitrogens is 4. The number of fused-ring (bicyclic) bond motifs is 1. The summed E-state index contributed by atoms with van der Waals surface area (Å²) in [5.41, 5.74) is 1.46. The topological polar surface area (TPSA) is 102 Å². The largest absolute Gasteiger partial charge is 0.497 e. The Labute approximate surface area is 190 Å². The van der Waals surface area contributed by atoms with Crippen LogP contribution in [-0.4, -0.2) is 33.2 Å². The highest BCUT2D eigenvalue weighted by atomic mass is 19.1. The van der Waals surface area contributed by atoms with Gasteiger partial charge in [-0.05, 0) is 24.3 Å². The van der Waals surface area contributed by atoms with Crippen molar-refractivity contribution in [3.05, 3.63) is 66.0 Å². The van der Waals surface area contributed by atoms with Gasteiger partial charge in [-0.1, -0.05) is 20.8 Å². The lowest BCUT2D eigenvalue weighted by Crippen LogP contribution is -2.16. The van der Waals surface area contributed by atoms with Gasteiger partial charge in [-0.2, -0.15) is 5.10 Å². The Bertz CT molecular complexity index is 1310. The third kappa shape index (κ3) is 5.08. The smallest absolute Gasteiger partial charge is 0.231 e. The zero-order valence-electron chi connectivity index (χ0n) is 18.8. The summed E-state index contributed by atoms with van der Waals surface area (Å²) in [6, 6.07) is 10.0. The number of pyridine rings is 2. The van der Waals surface area contributed by atoms with Gasteiger partial charge in [0.25, 0.3) is 0 Å². The van der Waals surface area contributed by atoms with E-state index in [9.17, 15) is 9.18 Å². The highest BCUT2D eigenvalue weighted by molar-refractivity contribution is 5.91. The van der Waals surface area contributed by atoms with Gasteiger partial charge in [-0.15, -0.1) is 0 Å². The van der Waals surface area contributed by atoms with Crippen LogP contribution in [0.2, 0.25) is 0 Å². The number of H-pyrrole nitrogens is 1. The molecule has 0 spiro atoms. The van der Waals surface area contributed by atoms with Crippen LogP contribution in [0, 0.1) is 5.82 Å². The molecule has 0 aliphatic carbocycles. The minimum absolute atomic E-state index is 0.00712. The molecule has 0 saturated heterocycles. The molecule has 4 aromatic rings. The van der Waals surface area contributed by atoms with Crippen molar-refractivity contribution >= 4 is 22.6 Å².